The van der Waals surface area contributed by atoms with Crippen LogP contribution in [0.4, 0.5) is 10.1 Å². The second-order valence-electron chi connectivity index (χ2n) is 4.25. The second-order valence-corrected chi connectivity index (χ2v) is 4.69. The van der Waals surface area contributed by atoms with Crippen molar-refractivity contribution >= 4 is 17.3 Å². The van der Waals surface area contributed by atoms with Crippen molar-refractivity contribution in [3.8, 4) is 11.5 Å². The largest absolute Gasteiger partial charge is 0.450 e. The van der Waals surface area contributed by atoms with E-state index < -0.39 is 16.4 Å². The Bertz CT molecular complexity index is 679. The highest BCUT2D eigenvalue weighted by molar-refractivity contribution is 6.30. The minimum Gasteiger partial charge on any atom is -0.450 e. The number of benzene rings is 2. The maximum Gasteiger partial charge on any atom is 0.314 e. The van der Waals surface area contributed by atoms with E-state index >= 15 is 0 Å². The molecule has 7 heteroatoms. The third-order valence-electron chi connectivity index (χ3n) is 2.73. The first-order chi connectivity index (χ1) is 10.0. The molecule has 0 aromatic heterocycles. The highest BCUT2D eigenvalue weighted by Gasteiger charge is 2.18. The molecule has 0 atom stereocenters. The quantitative estimate of drug-likeness (QED) is 0.672. The predicted octanol–water partition coefficient (Wildman–Crippen LogP) is 3.90. The number of nitrogens with zero attached hydrogens (tertiary/aromatic N) is 1. The molecule has 0 aliphatic rings. The number of nitrogens with one attached hydrogen (secondary N) is 1. The summed E-state index contributed by atoms with van der Waals surface area (Å²) in [5.74, 6) is -0.301. The molecule has 2 aromatic rings. The third kappa shape index (κ3) is 3.68. The summed E-state index contributed by atoms with van der Waals surface area (Å²) in [5, 5.41) is 14.4. The summed E-state index contributed by atoms with van der Waals surface area (Å²) in [6, 6.07) is 8.08. The van der Waals surface area contributed by atoms with Crippen LogP contribution in [0.1, 0.15) is 5.56 Å². The average Bonchev–Trinajstić information content (AvgIpc) is 2.43. The van der Waals surface area contributed by atoms with E-state index in [1.165, 1.54) is 6.07 Å². The summed E-state index contributed by atoms with van der Waals surface area (Å²) < 4.78 is 18.7. The van der Waals surface area contributed by atoms with Gasteiger partial charge < -0.3 is 10.1 Å². The number of hydrogen-bond acceptors (Lipinski definition) is 4. The molecule has 0 saturated carbocycles. The molecule has 2 rings (SSSR count). The van der Waals surface area contributed by atoms with Crippen LogP contribution in [0.15, 0.2) is 36.4 Å². The standard InChI is InChI=1S/C14H12ClFN2O3/c1-17-8-9-6-10(15)2-4-13(9)21-14-5-3-11(16)7-12(14)18(19)20/h2-7,17H,8H2,1H3. The van der Waals surface area contributed by atoms with Gasteiger partial charge in [0.05, 0.1) is 11.0 Å². The van der Waals surface area contributed by atoms with Crippen molar-refractivity contribution in [3.63, 3.8) is 0 Å². The molecule has 1 N–H and O–H groups in total. The first kappa shape index (κ1) is 15.2. The monoisotopic (exact) mass is 310 g/mol. The van der Waals surface area contributed by atoms with Gasteiger partial charge in [0.2, 0.25) is 5.75 Å². The van der Waals surface area contributed by atoms with Gasteiger partial charge in [-0.05, 0) is 37.4 Å². The van der Waals surface area contributed by atoms with Crippen LogP contribution in [0.5, 0.6) is 11.5 Å². The normalized spacial score (nSPS) is 10.4. The van der Waals surface area contributed by atoms with Gasteiger partial charge >= 0.3 is 5.69 Å². The van der Waals surface area contributed by atoms with Crippen LogP contribution in [-0.4, -0.2) is 12.0 Å². The Morgan fingerprint density at radius 1 is 1.29 bits per heavy atom. The Labute approximate surface area is 125 Å². The van der Waals surface area contributed by atoms with Gasteiger partial charge in [0, 0.05) is 17.1 Å². The van der Waals surface area contributed by atoms with Gasteiger partial charge in [-0.1, -0.05) is 11.6 Å². The summed E-state index contributed by atoms with van der Waals surface area (Å²) in [4.78, 5) is 10.3. The average molecular weight is 311 g/mol. The highest BCUT2D eigenvalue weighted by Crippen LogP contribution is 2.34. The summed E-state index contributed by atoms with van der Waals surface area (Å²) in [7, 11) is 1.75. The van der Waals surface area contributed by atoms with Crippen LogP contribution < -0.4 is 10.1 Å². The molecule has 0 radical (unpaired) electrons. The molecular formula is C14H12ClFN2O3. The van der Waals surface area contributed by atoms with Crippen molar-refractivity contribution in [3.05, 3.63) is 62.9 Å². The van der Waals surface area contributed by atoms with Crippen molar-refractivity contribution in [2.24, 2.45) is 0 Å². The summed E-state index contributed by atoms with van der Waals surface area (Å²) >= 11 is 5.92. The molecule has 0 unspecified atom stereocenters. The van der Waals surface area contributed by atoms with E-state index in [2.05, 4.69) is 5.32 Å². The molecule has 0 fully saturated rings. The smallest absolute Gasteiger partial charge is 0.314 e. The topological polar surface area (TPSA) is 64.4 Å². The summed E-state index contributed by atoms with van der Waals surface area (Å²) in [6.07, 6.45) is 0. The number of nitro benzene ring substituents is 1. The molecule has 0 spiro atoms. The number of hydrogen-bond donors (Lipinski definition) is 1. The third-order valence-corrected chi connectivity index (χ3v) is 2.96. The zero-order chi connectivity index (χ0) is 15.4. The molecule has 0 aliphatic heterocycles. The van der Waals surface area contributed by atoms with E-state index in [4.69, 9.17) is 16.3 Å². The van der Waals surface area contributed by atoms with Crippen LogP contribution in [0.25, 0.3) is 0 Å². The van der Waals surface area contributed by atoms with Gasteiger partial charge in [-0.25, -0.2) is 4.39 Å². The fourth-order valence-corrected chi connectivity index (χ4v) is 2.01. The molecule has 0 aliphatic carbocycles. The summed E-state index contributed by atoms with van der Waals surface area (Å²) in [5.41, 5.74) is 0.309. The lowest BCUT2D eigenvalue weighted by molar-refractivity contribution is -0.385. The van der Waals surface area contributed by atoms with Crippen LogP contribution >= 0.6 is 11.6 Å². The Hall–Kier alpha value is -2.18. The maximum atomic E-state index is 13.1. The SMILES string of the molecule is CNCc1cc(Cl)ccc1Oc1ccc(F)cc1[N+](=O)[O-]. The first-order valence-electron chi connectivity index (χ1n) is 6.06. The molecule has 0 amide bonds. The molecule has 21 heavy (non-hydrogen) atoms. The fraction of sp³-hybridized carbons (Fsp3) is 0.143. The minimum atomic E-state index is -0.694. The van der Waals surface area contributed by atoms with Crippen LogP contribution in [0.3, 0.4) is 0 Å². The van der Waals surface area contributed by atoms with Crippen LogP contribution in [-0.2, 0) is 6.54 Å². The van der Waals surface area contributed by atoms with Crippen LogP contribution in [0, 0.1) is 15.9 Å². The lowest BCUT2D eigenvalue weighted by Crippen LogP contribution is -2.06. The Kier molecular flexibility index (Phi) is 4.72. The lowest BCUT2D eigenvalue weighted by Gasteiger charge is -2.11. The van der Waals surface area contributed by atoms with E-state index in [1.54, 1.807) is 25.2 Å². The van der Waals surface area contributed by atoms with Crippen molar-refractivity contribution in [2.45, 2.75) is 6.54 Å². The Morgan fingerprint density at radius 3 is 2.67 bits per heavy atom. The molecule has 0 saturated heterocycles. The Morgan fingerprint density at radius 2 is 2.00 bits per heavy atom. The number of ether oxygens (including phenoxy) is 1. The van der Waals surface area contributed by atoms with Crippen LogP contribution in [0.2, 0.25) is 5.02 Å². The molecule has 0 bridgehead atoms. The van der Waals surface area contributed by atoms with E-state index in [-0.39, 0.29) is 5.75 Å². The molecule has 110 valence electrons. The molecule has 2 aromatic carbocycles. The van der Waals surface area contributed by atoms with E-state index in [1.807, 2.05) is 0 Å². The maximum absolute atomic E-state index is 13.1. The lowest BCUT2D eigenvalue weighted by atomic mass is 10.2. The number of rotatable bonds is 5. The van der Waals surface area contributed by atoms with E-state index in [9.17, 15) is 14.5 Å². The van der Waals surface area contributed by atoms with Gasteiger partial charge in [-0.2, -0.15) is 0 Å². The fourth-order valence-electron chi connectivity index (χ4n) is 1.81. The van der Waals surface area contributed by atoms with Gasteiger partial charge in [-0.15, -0.1) is 0 Å². The van der Waals surface area contributed by atoms with Gasteiger partial charge in [0.25, 0.3) is 0 Å². The van der Waals surface area contributed by atoms with Gasteiger partial charge in [0.1, 0.15) is 11.6 Å². The van der Waals surface area contributed by atoms with E-state index in [0.717, 1.165) is 17.7 Å². The second kappa shape index (κ2) is 6.51. The Balaban J connectivity index is 2.40. The minimum absolute atomic E-state index is 0.0268. The highest BCUT2D eigenvalue weighted by atomic mass is 35.5. The van der Waals surface area contributed by atoms with Crippen molar-refractivity contribution in [1.82, 2.24) is 5.32 Å². The molecule has 5 nitrogen and oxygen atoms in total. The van der Waals surface area contributed by atoms with Crippen molar-refractivity contribution in [2.75, 3.05) is 7.05 Å². The molecule has 0 heterocycles. The van der Waals surface area contributed by atoms with Gasteiger partial charge in [0.15, 0.2) is 0 Å². The predicted molar refractivity (Wildman–Crippen MR) is 77.3 cm³/mol. The van der Waals surface area contributed by atoms with E-state index in [0.29, 0.717) is 17.3 Å². The molecular weight excluding hydrogens is 299 g/mol. The number of nitro groups is 1. The zero-order valence-electron chi connectivity index (χ0n) is 11.1. The van der Waals surface area contributed by atoms with Crippen molar-refractivity contribution < 1.29 is 14.1 Å². The number of halogens is 2. The summed E-state index contributed by atoms with van der Waals surface area (Å²) in [6.45, 7) is 0.477. The zero-order valence-corrected chi connectivity index (χ0v) is 11.9. The first-order valence-corrected chi connectivity index (χ1v) is 6.44. The van der Waals surface area contributed by atoms with Gasteiger partial charge in [-0.3, -0.25) is 10.1 Å². The van der Waals surface area contributed by atoms with Crippen molar-refractivity contribution in [1.29, 1.82) is 0 Å².